The molecule has 5 nitrogen and oxygen atoms in total. The molecular weight excluding hydrogens is 222 g/mol. The second kappa shape index (κ2) is 5.33. The lowest BCUT2D eigenvalue weighted by Crippen LogP contribution is -2.51. The number of nitrogens with one attached hydrogen (secondary N) is 1. The molecule has 0 saturated carbocycles. The van der Waals surface area contributed by atoms with Crippen molar-refractivity contribution >= 4 is 5.91 Å². The number of carbonyl (C=O) groups excluding carboxylic acids is 1. The number of aliphatic hydroxyl groups excluding tert-OH is 2. The summed E-state index contributed by atoms with van der Waals surface area (Å²) in [6.45, 7) is 4.70. The molecule has 1 heterocycles. The molecule has 1 rings (SSSR count). The fourth-order valence-electron chi connectivity index (χ4n) is 1.45. The quantitative estimate of drug-likeness (QED) is 0.706. The maximum absolute atomic E-state index is 11.8. The van der Waals surface area contributed by atoms with Crippen LogP contribution in [-0.2, 0) is 6.42 Å². The van der Waals surface area contributed by atoms with Crippen LogP contribution in [0.15, 0.2) is 10.5 Å². The standard InChI is InChI=1S/C12H19NO4/c1-4-9-8(2)5-10(17-9)11(16)13-12(3,6-14)7-15/h5,14-15H,4,6-7H2,1-3H3,(H,13,16). The predicted molar refractivity (Wildman–Crippen MR) is 62.9 cm³/mol. The topological polar surface area (TPSA) is 82.7 Å². The number of amides is 1. The minimum atomic E-state index is -1.04. The van der Waals surface area contributed by atoms with Crippen molar-refractivity contribution in [1.29, 1.82) is 0 Å². The van der Waals surface area contributed by atoms with Crippen LogP contribution in [0.1, 0.15) is 35.7 Å². The average Bonchev–Trinajstić information content (AvgIpc) is 2.70. The first-order chi connectivity index (χ1) is 7.95. The maximum atomic E-state index is 11.8. The van der Waals surface area contributed by atoms with E-state index in [1.54, 1.807) is 13.0 Å². The highest BCUT2D eigenvalue weighted by molar-refractivity contribution is 5.92. The third-order valence-corrected chi connectivity index (χ3v) is 2.68. The molecule has 96 valence electrons. The molecular formula is C12H19NO4. The Morgan fingerprint density at radius 1 is 1.47 bits per heavy atom. The number of furan rings is 1. The van der Waals surface area contributed by atoms with Gasteiger partial charge in [0.1, 0.15) is 5.76 Å². The van der Waals surface area contributed by atoms with Crippen LogP contribution in [0.4, 0.5) is 0 Å². The lowest BCUT2D eigenvalue weighted by molar-refractivity contribution is 0.0699. The number of aryl methyl sites for hydroxylation is 2. The molecule has 0 fully saturated rings. The summed E-state index contributed by atoms with van der Waals surface area (Å²) in [6, 6.07) is 1.66. The highest BCUT2D eigenvalue weighted by Crippen LogP contribution is 2.16. The van der Waals surface area contributed by atoms with E-state index in [0.717, 1.165) is 17.7 Å². The first kappa shape index (κ1) is 13.7. The van der Waals surface area contributed by atoms with Gasteiger partial charge in [0.25, 0.3) is 5.91 Å². The summed E-state index contributed by atoms with van der Waals surface area (Å²) in [6.07, 6.45) is 0.719. The van der Waals surface area contributed by atoms with E-state index in [-0.39, 0.29) is 19.0 Å². The summed E-state index contributed by atoms with van der Waals surface area (Å²) in [7, 11) is 0. The second-order valence-electron chi connectivity index (χ2n) is 4.40. The summed E-state index contributed by atoms with van der Waals surface area (Å²) >= 11 is 0. The smallest absolute Gasteiger partial charge is 0.287 e. The van der Waals surface area contributed by atoms with Crippen LogP contribution >= 0.6 is 0 Å². The minimum Gasteiger partial charge on any atom is -0.456 e. The van der Waals surface area contributed by atoms with Crippen molar-refractivity contribution in [3.05, 3.63) is 23.2 Å². The van der Waals surface area contributed by atoms with Crippen molar-refractivity contribution < 1.29 is 19.4 Å². The van der Waals surface area contributed by atoms with E-state index < -0.39 is 11.4 Å². The van der Waals surface area contributed by atoms with E-state index in [0.29, 0.717) is 0 Å². The van der Waals surface area contributed by atoms with Gasteiger partial charge in [-0.3, -0.25) is 4.79 Å². The number of hydrogen-bond donors (Lipinski definition) is 3. The van der Waals surface area contributed by atoms with Crippen molar-refractivity contribution in [3.8, 4) is 0 Å². The molecule has 3 N–H and O–H groups in total. The summed E-state index contributed by atoms with van der Waals surface area (Å²) in [5.74, 6) is 0.538. The highest BCUT2D eigenvalue weighted by Gasteiger charge is 2.26. The first-order valence-electron chi connectivity index (χ1n) is 5.59. The fourth-order valence-corrected chi connectivity index (χ4v) is 1.45. The zero-order valence-electron chi connectivity index (χ0n) is 10.4. The van der Waals surface area contributed by atoms with E-state index in [1.807, 2.05) is 13.8 Å². The van der Waals surface area contributed by atoms with E-state index in [4.69, 9.17) is 14.6 Å². The predicted octanol–water partition coefficient (Wildman–Crippen LogP) is 0.624. The Morgan fingerprint density at radius 2 is 2.06 bits per heavy atom. The summed E-state index contributed by atoms with van der Waals surface area (Å²) < 4.78 is 5.38. The number of rotatable bonds is 5. The molecule has 0 bridgehead atoms. The Labute approximate surface area is 100 Å². The van der Waals surface area contributed by atoms with Crippen LogP contribution in [0.5, 0.6) is 0 Å². The Morgan fingerprint density at radius 3 is 2.47 bits per heavy atom. The fraction of sp³-hybridized carbons (Fsp3) is 0.583. The van der Waals surface area contributed by atoms with Gasteiger partial charge in [0, 0.05) is 6.42 Å². The largest absolute Gasteiger partial charge is 0.456 e. The maximum Gasteiger partial charge on any atom is 0.287 e. The van der Waals surface area contributed by atoms with Crippen LogP contribution in [-0.4, -0.2) is 34.9 Å². The molecule has 5 heteroatoms. The van der Waals surface area contributed by atoms with Gasteiger partial charge in [-0.25, -0.2) is 0 Å². The molecule has 0 aromatic carbocycles. The monoisotopic (exact) mass is 241 g/mol. The molecule has 0 unspecified atom stereocenters. The SMILES string of the molecule is CCc1oc(C(=O)NC(C)(CO)CO)cc1C. The van der Waals surface area contributed by atoms with Crippen LogP contribution in [0.25, 0.3) is 0 Å². The van der Waals surface area contributed by atoms with Gasteiger partial charge in [0.2, 0.25) is 0 Å². The van der Waals surface area contributed by atoms with Gasteiger partial charge < -0.3 is 19.9 Å². The molecule has 0 atom stereocenters. The summed E-state index contributed by atoms with van der Waals surface area (Å²) in [4.78, 5) is 11.8. The van der Waals surface area contributed by atoms with Gasteiger partial charge in [0.15, 0.2) is 5.76 Å². The average molecular weight is 241 g/mol. The zero-order valence-corrected chi connectivity index (χ0v) is 10.4. The first-order valence-corrected chi connectivity index (χ1v) is 5.59. The van der Waals surface area contributed by atoms with Crippen LogP contribution in [0, 0.1) is 6.92 Å². The van der Waals surface area contributed by atoms with Crippen molar-refractivity contribution in [2.24, 2.45) is 0 Å². The van der Waals surface area contributed by atoms with Crippen LogP contribution in [0.3, 0.4) is 0 Å². The van der Waals surface area contributed by atoms with Gasteiger partial charge in [-0.05, 0) is 25.5 Å². The van der Waals surface area contributed by atoms with Crippen LogP contribution < -0.4 is 5.32 Å². The van der Waals surface area contributed by atoms with E-state index >= 15 is 0 Å². The molecule has 0 aliphatic rings. The molecule has 0 saturated heterocycles. The second-order valence-corrected chi connectivity index (χ2v) is 4.40. The number of carbonyl (C=O) groups is 1. The van der Waals surface area contributed by atoms with Crippen molar-refractivity contribution in [3.63, 3.8) is 0 Å². The third-order valence-electron chi connectivity index (χ3n) is 2.68. The molecule has 17 heavy (non-hydrogen) atoms. The van der Waals surface area contributed by atoms with E-state index in [9.17, 15) is 4.79 Å². The minimum absolute atomic E-state index is 0.201. The van der Waals surface area contributed by atoms with Gasteiger partial charge in [-0.2, -0.15) is 0 Å². The Hall–Kier alpha value is -1.33. The number of hydrogen-bond acceptors (Lipinski definition) is 4. The summed E-state index contributed by atoms with van der Waals surface area (Å²) in [5.41, 5.74) is -0.114. The van der Waals surface area contributed by atoms with Crippen LogP contribution in [0.2, 0.25) is 0 Å². The Kier molecular flexibility index (Phi) is 4.31. The van der Waals surface area contributed by atoms with Gasteiger partial charge in [0.05, 0.1) is 18.8 Å². The summed E-state index contributed by atoms with van der Waals surface area (Å²) in [5, 5.41) is 20.7. The zero-order chi connectivity index (χ0) is 13.1. The van der Waals surface area contributed by atoms with Crippen molar-refractivity contribution in [2.45, 2.75) is 32.7 Å². The molecule has 0 aliphatic carbocycles. The third kappa shape index (κ3) is 3.08. The molecule has 1 amide bonds. The van der Waals surface area contributed by atoms with Gasteiger partial charge in [-0.1, -0.05) is 6.92 Å². The highest BCUT2D eigenvalue weighted by atomic mass is 16.4. The van der Waals surface area contributed by atoms with Gasteiger partial charge >= 0.3 is 0 Å². The van der Waals surface area contributed by atoms with E-state index in [1.165, 1.54) is 0 Å². The van der Waals surface area contributed by atoms with E-state index in [2.05, 4.69) is 5.32 Å². The molecule has 1 aromatic rings. The van der Waals surface area contributed by atoms with Gasteiger partial charge in [-0.15, -0.1) is 0 Å². The molecule has 0 aliphatic heterocycles. The molecule has 1 aromatic heterocycles. The molecule has 0 radical (unpaired) electrons. The lowest BCUT2D eigenvalue weighted by atomic mass is 10.1. The number of aliphatic hydroxyl groups is 2. The Bertz CT molecular complexity index is 393. The van der Waals surface area contributed by atoms with Crippen molar-refractivity contribution in [1.82, 2.24) is 5.32 Å². The Balaban J connectivity index is 2.83. The normalized spacial score (nSPS) is 11.6. The molecule has 0 spiro atoms. The lowest BCUT2D eigenvalue weighted by Gasteiger charge is -2.25. The van der Waals surface area contributed by atoms with Crippen molar-refractivity contribution in [2.75, 3.05) is 13.2 Å².